The number of H-pyrrole nitrogens is 1. The number of nitrogens with one attached hydrogen (secondary N) is 2. The molecular formula is C23H24N4O2. The Hall–Kier alpha value is -3.54. The molecule has 4 aromatic rings. The average molecular weight is 388 g/mol. The predicted octanol–water partition coefficient (Wildman–Crippen LogP) is 3.41. The molecule has 0 fully saturated rings. The van der Waals surface area contributed by atoms with Crippen molar-refractivity contribution in [2.24, 2.45) is 7.05 Å². The standard InChI is InChI=1S/C23H24N4O2/c1-3-18(13-17-15-26(2)21-10-5-4-9-20(17)21)25-22(28)16-7-6-8-19(14-16)27-12-11-24-23(27)29/h4-12,14-15,18H,3,13H2,1-2H3,(H,24,29)(H,25,28). The molecule has 1 atom stereocenters. The number of carbonyl (C=O) groups excluding carboxylic acids is 1. The minimum Gasteiger partial charge on any atom is -0.350 e. The molecule has 0 aliphatic rings. The lowest BCUT2D eigenvalue weighted by atomic mass is 10.0. The van der Waals surface area contributed by atoms with Gasteiger partial charge in [0.25, 0.3) is 5.91 Å². The van der Waals surface area contributed by atoms with Crippen LogP contribution in [-0.2, 0) is 13.5 Å². The van der Waals surface area contributed by atoms with E-state index in [0.29, 0.717) is 11.3 Å². The highest BCUT2D eigenvalue weighted by molar-refractivity contribution is 5.95. The van der Waals surface area contributed by atoms with Crippen LogP contribution in [0.5, 0.6) is 0 Å². The summed E-state index contributed by atoms with van der Waals surface area (Å²) < 4.78 is 3.60. The van der Waals surface area contributed by atoms with Crippen LogP contribution in [0.2, 0.25) is 0 Å². The zero-order valence-corrected chi connectivity index (χ0v) is 16.6. The van der Waals surface area contributed by atoms with Crippen LogP contribution in [0.25, 0.3) is 16.6 Å². The molecule has 0 aliphatic heterocycles. The van der Waals surface area contributed by atoms with Gasteiger partial charge in [0.2, 0.25) is 0 Å². The van der Waals surface area contributed by atoms with Gasteiger partial charge in [-0.2, -0.15) is 0 Å². The minimum atomic E-state index is -0.232. The number of hydrogen-bond donors (Lipinski definition) is 2. The molecule has 148 valence electrons. The molecule has 1 amide bonds. The number of benzene rings is 2. The van der Waals surface area contributed by atoms with Crippen molar-refractivity contribution in [2.75, 3.05) is 0 Å². The molecule has 2 aromatic carbocycles. The zero-order valence-electron chi connectivity index (χ0n) is 16.6. The fraction of sp³-hybridized carbons (Fsp3) is 0.217. The third-order valence-corrected chi connectivity index (χ3v) is 5.31. The van der Waals surface area contributed by atoms with Gasteiger partial charge >= 0.3 is 5.69 Å². The normalized spacial score (nSPS) is 12.2. The van der Waals surface area contributed by atoms with Crippen LogP contribution in [0.1, 0.15) is 29.3 Å². The molecule has 0 aliphatic carbocycles. The Morgan fingerprint density at radius 3 is 2.76 bits per heavy atom. The Labute approximate surface area is 168 Å². The van der Waals surface area contributed by atoms with Crippen LogP contribution in [0.4, 0.5) is 0 Å². The van der Waals surface area contributed by atoms with Gasteiger partial charge in [-0.25, -0.2) is 4.79 Å². The van der Waals surface area contributed by atoms with E-state index in [0.717, 1.165) is 12.8 Å². The van der Waals surface area contributed by atoms with Crippen molar-refractivity contribution in [3.8, 4) is 5.69 Å². The van der Waals surface area contributed by atoms with E-state index in [2.05, 4.69) is 40.1 Å². The fourth-order valence-corrected chi connectivity index (χ4v) is 3.74. The summed E-state index contributed by atoms with van der Waals surface area (Å²) in [5.41, 5.74) is 3.37. The molecule has 2 heterocycles. The van der Waals surface area contributed by atoms with E-state index in [1.54, 1.807) is 36.7 Å². The van der Waals surface area contributed by atoms with E-state index in [1.165, 1.54) is 21.0 Å². The molecule has 0 saturated heterocycles. The van der Waals surface area contributed by atoms with Crippen molar-refractivity contribution in [1.82, 2.24) is 19.4 Å². The summed E-state index contributed by atoms with van der Waals surface area (Å²) in [5.74, 6) is -0.137. The number of nitrogens with zero attached hydrogens (tertiary/aromatic N) is 2. The Kier molecular flexibility index (Phi) is 5.08. The summed E-state index contributed by atoms with van der Waals surface area (Å²) in [7, 11) is 2.04. The molecule has 0 spiro atoms. The van der Waals surface area contributed by atoms with E-state index >= 15 is 0 Å². The van der Waals surface area contributed by atoms with Crippen molar-refractivity contribution in [2.45, 2.75) is 25.8 Å². The lowest BCUT2D eigenvalue weighted by Gasteiger charge is -2.17. The van der Waals surface area contributed by atoms with Gasteiger partial charge in [-0.3, -0.25) is 9.36 Å². The molecule has 0 saturated carbocycles. The number of aryl methyl sites for hydroxylation is 1. The lowest BCUT2D eigenvalue weighted by molar-refractivity contribution is 0.0936. The summed E-state index contributed by atoms with van der Waals surface area (Å²) in [6.45, 7) is 2.08. The van der Waals surface area contributed by atoms with E-state index in [4.69, 9.17) is 0 Å². The van der Waals surface area contributed by atoms with Crippen molar-refractivity contribution < 1.29 is 4.79 Å². The quantitative estimate of drug-likeness (QED) is 0.531. The van der Waals surface area contributed by atoms with Crippen LogP contribution < -0.4 is 11.0 Å². The predicted molar refractivity (Wildman–Crippen MR) is 115 cm³/mol. The van der Waals surface area contributed by atoms with E-state index in [1.807, 2.05) is 19.2 Å². The van der Waals surface area contributed by atoms with Gasteiger partial charge in [0.1, 0.15) is 0 Å². The Bertz CT molecular complexity index is 1210. The van der Waals surface area contributed by atoms with Gasteiger partial charge in [0.05, 0.1) is 5.69 Å². The van der Waals surface area contributed by atoms with Crippen LogP contribution in [0, 0.1) is 0 Å². The second kappa shape index (κ2) is 7.83. The average Bonchev–Trinajstić information content (AvgIpc) is 3.31. The first-order chi connectivity index (χ1) is 14.1. The fourth-order valence-electron chi connectivity index (χ4n) is 3.74. The third kappa shape index (κ3) is 3.74. The van der Waals surface area contributed by atoms with E-state index in [-0.39, 0.29) is 17.6 Å². The third-order valence-electron chi connectivity index (χ3n) is 5.31. The summed E-state index contributed by atoms with van der Waals surface area (Å²) in [4.78, 5) is 27.3. The number of carbonyl (C=O) groups is 1. The first kappa shape index (κ1) is 18.8. The van der Waals surface area contributed by atoms with Gasteiger partial charge in [-0.05, 0) is 42.7 Å². The van der Waals surface area contributed by atoms with Crippen LogP contribution >= 0.6 is 0 Å². The Morgan fingerprint density at radius 1 is 1.17 bits per heavy atom. The van der Waals surface area contributed by atoms with Gasteiger partial charge in [-0.15, -0.1) is 0 Å². The second-order valence-corrected chi connectivity index (χ2v) is 7.25. The molecule has 29 heavy (non-hydrogen) atoms. The van der Waals surface area contributed by atoms with Crippen molar-refractivity contribution in [3.63, 3.8) is 0 Å². The number of hydrogen-bond acceptors (Lipinski definition) is 2. The highest BCUT2D eigenvalue weighted by Gasteiger charge is 2.16. The number of rotatable bonds is 6. The second-order valence-electron chi connectivity index (χ2n) is 7.25. The van der Waals surface area contributed by atoms with Crippen molar-refractivity contribution >= 4 is 16.8 Å². The molecule has 2 N–H and O–H groups in total. The maximum Gasteiger partial charge on any atom is 0.330 e. The van der Waals surface area contributed by atoms with E-state index < -0.39 is 0 Å². The van der Waals surface area contributed by atoms with Crippen LogP contribution in [0.3, 0.4) is 0 Å². The Balaban J connectivity index is 1.54. The molecule has 6 heteroatoms. The lowest BCUT2D eigenvalue weighted by Crippen LogP contribution is -2.36. The molecule has 4 rings (SSSR count). The van der Waals surface area contributed by atoms with Gasteiger partial charge in [0.15, 0.2) is 0 Å². The van der Waals surface area contributed by atoms with Gasteiger partial charge in [-0.1, -0.05) is 31.2 Å². The molecule has 2 aromatic heterocycles. The van der Waals surface area contributed by atoms with Crippen molar-refractivity contribution in [3.05, 3.63) is 88.7 Å². The number of fused-ring (bicyclic) bond motifs is 1. The highest BCUT2D eigenvalue weighted by atomic mass is 16.2. The van der Waals surface area contributed by atoms with E-state index in [9.17, 15) is 9.59 Å². The highest BCUT2D eigenvalue weighted by Crippen LogP contribution is 2.22. The summed E-state index contributed by atoms with van der Waals surface area (Å²) >= 11 is 0. The summed E-state index contributed by atoms with van der Waals surface area (Å²) in [6.07, 6.45) is 6.95. The molecule has 0 bridgehead atoms. The van der Waals surface area contributed by atoms with Gasteiger partial charge in [0, 0.05) is 48.1 Å². The Morgan fingerprint density at radius 2 is 2.00 bits per heavy atom. The van der Waals surface area contributed by atoms with Crippen molar-refractivity contribution in [1.29, 1.82) is 0 Å². The topological polar surface area (TPSA) is 71.8 Å². The number of amides is 1. The minimum absolute atomic E-state index is 0.0203. The number of imidazole rings is 1. The van der Waals surface area contributed by atoms with Crippen LogP contribution in [-0.4, -0.2) is 26.1 Å². The monoisotopic (exact) mass is 388 g/mol. The molecule has 0 radical (unpaired) electrons. The summed E-state index contributed by atoms with van der Waals surface area (Å²) in [5, 5.41) is 4.37. The smallest absolute Gasteiger partial charge is 0.330 e. The first-order valence-corrected chi connectivity index (χ1v) is 9.77. The number of aromatic amines is 1. The molecule has 1 unspecified atom stereocenters. The maximum atomic E-state index is 12.9. The van der Waals surface area contributed by atoms with Gasteiger partial charge < -0.3 is 14.9 Å². The number of para-hydroxylation sites is 1. The zero-order chi connectivity index (χ0) is 20.4. The molecular weight excluding hydrogens is 364 g/mol. The summed E-state index contributed by atoms with van der Waals surface area (Å²) in [6, 6.07) is 15.4. The largest absolute Gasteiger partial charge is 0.350 e. The molecule has 6 nitrogen and oxygen atoms in total. The number of aromatic nitrogens is 3. The van der Waals surface area contributed by atoms with Crippen LogP contribution in [0.15, 0.2) is 71.9 Å². The first-order valence-electron chi connectivity index (χ1n) is 9.77. The maximum absolute atomic E-state index is 12.9. The SMILES string of the molecule is CCC(Cc1cn(C)c2ccccc12)NC(=O)c1cccc(-n2cc[nH]c2=O)c1.